The third kappa shape index (κ3) is 3.61. The van der Waals surface area contributed by atoms with Gasteiger partial charge in [0, 0.05) is 33.2 Å². The number of furan rings is 2. The van der Waals surface area contributed by atoms with Gasteiger partial charge in [-0.2, -0.15) is 0 Å². The fourth-order valence-corrected chi connectivity index (χ4v) is 6.61. The molecule has 0 spiro atoms. The van der Waals surface area contributed by atoms with Crippen LogP contribution in [-0.4, -0.2) is 0 Å². The summed E-state index contributed by atoms with van der Waals surface area (Å²) in [4.78, 5) is 0. The Balaban J connectivity index is 1.41. The minimum absolute atomic E-state index is 0.795. The molecule has 2 aliphatic carbocycles. The van der Waals surface area contributed by atoms with Gasteiger partial charge in [-0.05, 0) is 76.6 Å². The van der Waals surface area contributed by atoms with E-state index in [1.54, 1.807) is 6.08 Å². The van der Waals surface area contributed by atoms with Crippen molar-refractivity contribution in [1.29, 1.82) is 0 Å². The molecule has 0 atom stereocenters. The Hall–Kier alpha value is -5.52. The lowest BCUT2D eigenvalue weighted by atomic mass is 9.86. The molecular weight excluding hydrogens is 512 g/mol. The van der Waals surface area contributed by atoms with Crippen LogP contribution in [0.3, 0.4) is 0 Å². The Bertz CT molecular complexity index is 2330. The lowest BCUT2D eigenvalue weighted by molar-refractivity contribution is 0.655. The van der Waals surface area contributed by atoms with E-state index in [1.807, 2.05) is 24.3 Å². The third-order valence-corrected chi connectivity index (χ3v) is 8.42. The van der Waals surface area contributed by atoms with Crippen LogP contribution in [-0.2, 0) is 0 Å². The van der Waals surface area contributed by atoms with E-state index < -0.39 is 0 Å². The minimum Gasteiger partial charge on any atom is -0.456 e. The van der Waals surface area contributed by atoms with Gasteiger partial charge in [-0.15, -0.1) is 6.42 Å². The summed E-state index contributed by atoms with van der Waals surface area (Å²) in [5.74, 6) is 2.66. The highest BCUT2D eigenvalue weighted by molar-refractivity contribution is 6.17. The molecule has 0 radical (unpaired) electrons. The van der Waals surface area contributed by atoms with Crippen LogP contribution in [0.25, 0.3) is 55.0 Å². The van der Waals surface area contributed by atoms with E-state index in [-0.39, 0.29) is 0 Å². The normalized spacial score (nSPS) is 15.3. The van der Waals surface area contributed by atoms with Gasteiger partial charge >= 0.3 is 0 Å². The van der Waals surface area contributed by atoms with Crippen molar-refractivity contribution in [1.82, 2.24) is 0 Å². The van der Waals surface area contributed by atoms with E-state index in [0.717, 1.165) is 61.4 Å². The summed E-state index contributed by atoms with van der Waals surface area (Å²) in [5, 5.41) is 4.40. The van der Waals surface area contributed by atoms with Crippen LogP contribution in [0.5, 0.6) is 0 Å². The molecule has 4 aromatic carbocycles. The fourth-order valence-electron chi connectivity index (χ4n) is 6.61. The first-order chi connectivity index (χ1) is 20.7. The average Bonchev–Trinajstić information content (AvgIpc) is 3.42. The molecule has 2 heteroatoms. The first-order valence-electron chi connectivity index (χ1n) is 14.2. The Morgan fingerprint density at radius 2 is 1.43 bits per heavy atom. The van der Waals surface area contributed by atoms with Gasteiger partial charge in [-0.3, -0.25) is 0 Å². The Morgan fingerprint density at radius 3 is 2.29 bits per heavy atom. The third-order valence-electron chi connectivity index (χ3n) is 8.42. The van der Waals surface area contributed by atoms with E-state index in [1.165, 1.54) is 33.4 Å². The van der Waals surface area contributed by atoms with Crippen molar-refractivity contribution in [3.05, 3.63) is 155 Å². The molecule has 0 saturated heterocycles. The van der Waals surface area contributed by atoms with Crippen molar-refractivity contribution in [2.75, 3.05) is 0 Å². The zero-order valence-corrected chi connectivity index (χ0v) is 23.1. The number of fused-ring (bicyclic) bond motifs is 9. The van der Waals surface area contributed by atoms with Crippen LogP contribution >= 0.6 is 0 Å². The summed E-state index contributed by atoms with van der Waals surface area (Å²) in [6.45, 7) is 2.07. The van der Waals surface area contributed by atoms with Crippen molar-refractivity contribution in [2.45, 2.75) is 13.3 Å². The van der Waals surface area contributed by atoms with Crippen LogP contribution in [0.2, 0.25) is 0 Å². The lowest BCUT2D eigenvalue weighted by Gasteiger charge is -2.17. The van der Waals surface area contributed by atoms with E-state index in [4.69, 9.17) is 15.3 Å². The number of hydrogen-bond acceptors (Lipinski definition) is 2. The number of rotatable bonds is 3. The first-order valence-corrected chi connectivity index (χ1v) is 14.2. The standard InChI is InChI=1S/C40H26O2/c1-3-5-13-25(4-2)38-26-14-6-7-15-27(22-26)39(30-18-9-8-17-29(30)38)32-20-12-19-31-34-23-33-28-16-10-11-21-35(28)41-36(33)24-37(34)42-40(31)32/h1,4-21,23-24H,22H2,2H3/b13-5-,25-4+. The quantitative estimate of drug-likeness (QED) is 0.165. The molecule has 8 rings (SSSR count). The molecule has 2 bridgehead atoms. The molecule has 2 nitrogen and oxygen atoms in total. The second kappa shape index (κ2) is 9.54. The molecule has 2 heterocycles. The average molecular weight is 539 g/mol. The van der Waals surface area contributed by atoms with Crippen molar-refractivity contribution in [3.63, 3.8) is 0 Å². The fraction of sp³-hybridized carbons (Fsp3) is 0.0500. The zero-order valence-electron chi connectivity index (χ0n) is 23.1. The summed E-state index contributed by atoms with van der Waals surface area (Å²) in [6, 6.07) is 27.6. The summed E-state index contributed by atoms with van der Waals surface area (Å²) in [7, 11) is 0. The zero-order chi connectivity index (χ0) is 28.2. The lowest BCUT2D eigenvalue weighted by Crippen LogP contribution is -1.98. The number of benzene rings is 4. The maximum atomic E-state index is 6.72. The molecule has 6 aromatic rings. The molecule has 0 unspecified atom stereocenters. The minimum atomic E-state index is 0.795. The van der Waals surface area contributed by atoms with Crippen LogP contribution in [0, 0.1) is 12.3 Å². The van der Waals surface area contributed by atoms with Crippen LogP contribution in [0.15, 0.2) is 147 Å². The molecule has 42 heavy (non-hydrogen) atoms. The monoisotopic (exact) mass is 538 g/mol. The largest absolute Gasteiger partial charge is 0.456 e. The maximum absolute atomic E-state index is 6.72. The second-order valence-corrected chi connectivity index (χ2v) is 10.7. The van der Waals surface area contributed by atoms with Gasteiger partial charge in [-0.1, -0.05) is 97.0 Å². The number of hydrogen-bond donors (Lipinski definition) is 0. The first kappa shape index (κ1) is 24.3. The van der Waals surface area contributed by atoms with E-state index >= 15 is 0 Å². The van der Waals surface area contributed by atoms with Crippen molar-refractivity contribution in [2.24, 2.45) is 0 Å². The molecule has 0 saturated carbocycles. The molecule has 0 aliphatic heterocycles. The van der Waals surface area contributed by atoms with Gasteiger partial charge in [0.1, 0.15) is 22.3 Å². The molecule has 0 fully saturated rings. The summed E-state index contributed by atoms with van der Waals surface area (Å²) in [6.07, 6.45) is 21.1. The number of terminal acetylenes is 1. The molecule has 2 aromatic heterocycles. The van der Waals surface area contributed by atoms with Crippen molar-refractivity contribution >= 4 is 55.0 Å². The van der Waals surface area contributed by atoms with E-state index in [0.29, 0.717) is 0 Å². The topological polar surface area (TPSA) is 26.3 Å². The van der Waals surface area contributed by atoms with Gasteiger partial charge in [-0.25, -0.2) is 0 Å². The van der Waals surface area contributed by atoms with Gasteiger partial charge < -0.3 is 8.83 Å². The molecule has 0 N–H and O–H groups in total. The summed E-state index contributed by atoms with van der Waals surface area (Å²) >= 11 is 0. The van der Waals surface area contributed by atoms with Crippen molar-refractivity contribution in [3.8, 4) is 12.3 Å². The van der Waals surface area contributed by atoms with Crippen LogP contribution in [0.1, 0.15) is 30.0 Å². The summed E-state index contributed by atoms with van der Waals surface area (Å²) in [5.41, 5.74) is 12.9. The highest BCUT2D eigenvalue weighted by atomic mass is 16.3. The molecule has 198 valence electrons. The van der Waals surface area contributed by atoms with E-state index in [2.05, 4.69) is 104 Å². The SMILES string of the molecule is C#C/C=C\C(=C/C)C1=C2C=CC=CC(=C(c3cccc4c3oc3cc5oc6ccccc6c5cc34)c3ccccc31)C2. The highest BCUT2D eigenvalue weighted by Gasteiger charge is 2.26. The molecule has 0 amide bonds. The molecule has 2 aliphatic rings. The number of para-hydroxylation sites is 2. The number of allylic oxidation sites excluding steroid dienone is 11. The van der Waals surface area contributed by atoms with E-state index in [9.17, 15) is 0 Å². The van der Waals surface area contributed by atoms with Crippen LogP contribution < -0.4 is 0 Å². The summed E-state index contributed by atoms with van der Waals surface area (Å²) < 4.78 is 12.9. The van der Waals surface area contributed by atoms with Gasteiger partial charge in [0.15, 0.2) is 0 Å². The predicted molar refractivity (Wildman–Crippen MR) is 175 cm³/mol. The van der Waals surface area contributed by atoms with Gasteiger partial charge in [0.25, 0.3) is 0 Å². The van der Waals surface area contributed by atoms with Crippen LogP contribution in [0.4, 0.5) is 0 Å². The molecular formula is C40H26O2. The Kier molecular flexibility index (Phi) is 5.52. The van der Waals surface area contributed by atoms with Gasteiger partial charge in [0.2, 0.25) is 0 Å². The Morgan fingerprint density at radius 1 is 0.714 bits per heavy atom. The second-order valence-electron chi connectivity index (χ2n) is 10.7. The van der Waals surface area contributed by atoms with Gasteiger partial charge in [0.05, 0.1) is 0 Å². The Labute approximate surface area is 243 Å². The predicted octanol–water partition coefficient (Wildman–Crippen LogP) is 10.7. The highest BCUT2D eigenvalue weighted by Crippen LogP contribution is 2.47. The smallest absolute Gasteiger partial charge is 0.143 e. The van der Waals surface area contributed by atoms with Crippen molar-refractivity contribution < 1.29 is 8.83 Å². The maximum Gasteiger partial charge on any atom is 0.143 e.